The number of benzene rings is 2. The summed E-state index contributed by atoms with van der Waals surface area (Å²) in [6.45, 7) is -0.258. The molecule has 0 radical (unpaired) electrons. The Kier molecular flexibility index (Phi) is 7.75. The highest BCUT2D eigenvalue weighted by atomic mass is 79.9. The number of halogens is 4. The van der Waals surface area contributed by atoms with E-state index in [0.29, 0.717) is 35.5 Å². The van der Waals surface area contributed by atoms with Crippen molar-refractivity contribution in [2.45, 2.75) is 0 Å². The molecule has 0 spiro atoms. The number of nitrogens with one attached hydrogen (secondary N) is 1. The molecule has 2 rings (SSSR count). The molecule has 0 aliphatic rings. The molecule has 2 N–H and O–H groups in total. The van der Waals surface area contributed by atoms with E-state index in [0.717, 1.165) is 0 Å². The van der Waals surface area contributed by atoms with E-state index in [-0.39, 0.29) is 12.4 Å². The molecule has 26 heavy (non-hydrogen) atoms. The van der Waals surface area contributed by atoms with Gasteiger partial charge in [0.2, 0.25) is 0 Å². The molecule has 0 atom stereocenters. The molecule has 2 aromatic carbocycles. The quantitative estimate of drug-likeness (QED) is 0.383. The largest absolute Gasteiger partial charge is 0.506 e. The Morgan fingerprint density at radius 1 is 1.23 bits per heavy atom. The minimum absolute atomic E-state index is 0.0326. The van der Waals surface area contributed by atoms with Gasteiger partial charge in [-0.05, 0) is 72.1 Å². The first-order valence-corrected chi connectivity index (χ1v) is 9.73. The third-order valence-corrected chi connectivity index (χ3v) is 5.01. The number of phenolic OH excluding ortho intramolecular Hbond substituents is 1. The van der Waals surface area contributed by atoms with Gasteiger partial charge in [0.05, 0.1) is 26.7 Å². The van der Waals surface area contributed by atoms with Gasteiger partial charge in [0.1, 0.15) is 17.2 Å². The van der Waals surface area contributed by atoms with Crippen LogP contribution in [0.3, 0.4) is 0 Å². The van der Waals surface area contributed by atoms with Gasteiger partial charge in [-0.15, -0.1) is 0 Å². The van der Waals surface area contributed by atoms with Crippen LogP contribution in [0.15, 0.2) is 42.8 Å². The summed E-state index contributed by atoms with van der Waals surface area (Å²) >= 11 is 15.8. The number of phenols is 1. The predicted octanol–water partition coefficient (Wildman–Crippen LogP) is 4.87. The molecule has 0 unspecified atom stereocenters. The minimum atomic E-state index is -0.476. The van der Waals surface area contributed by atoms with Crippen molar-refractivity contribution in [3.8, 4) is 17.2 Å². The average molecular weight is 571 g/mol. The Balaban J connectivity index is 1.96. The van der Waals surface area contributed by atoms with Crippen molar-refractivity contribution in [3.05, 3.63) is 48.3 Å². The van der Waals surface area contributed by atoms with Crippen LogP contribution in [-0.4, -0.2) is 30.9 Å². The predicted molar refractivity (Wildman–Crippen MR) is 110 cm³/mol. The van der Waals surface area contributed by atoms with Crippen LogP contribution < -0.4 is 14.9 Å². The lowest BCUT2D eigenvalue weighted by atomic mass is 10.2. The Labute approximate surface area is 179 Å². The second kappa shape index (κ2) is 9.59. The number of rotatable bonds is 6. The minimum Gasteiger partial charge on any atom is -0.506 e. The number of ether oxygens (including phenoxy) is 2. The lowest BCUT2D eigenvalue weighted by Crippen LogP contribution is -2.24. The normalized spacial score (nSPS) is 10.8. The van der Waals surface area contributed by atoms with Crippen molar-refractivity contribution < 1.29 is 19.4 Å². The number of aromatic hydroxyl groups is 1. The molecule has 0 heterocycles. The SMILES string of the molecule is COc1cc(Br)c(OCC(=O)N/N=C/c2cc(Cl)cc(Br)c2O)c(Br)c1. The van der Waals surface area contributed by atoms with Crippen molar-refractivity contribution in [1.82, 2.24) is 5.43 Å². The molecule has 0 fully saturated rings. The van der Waals surface area contributed by atoms with Crippen molar-refractivity contribution in [2.75, 3.05) is 13.7 Å². The standard InChI is InChI=1S/C16H12Br3ClN2O4/c1-25-10-4-12(18)16(13(19)5-10)26-7-14(23)22-21-6-8-2-9(20)3-11(17)15(8)24/h2-6,24H,7H2,1H3,(H,22,23)/b21-6+. The Morgan fingerprint density at radius 3 is 2.50 bits per heavy atom. The van der Waals surface area contributed by atoms with E-state index in [2.05, 4.69) is 58.3 Å². The summed E-state index contributed by atoms with van der Waals surface area (Å²) < 4.78 is 12.3. The lowest BCUT2D eigenvalue weighted by Gasteiger charge is -2.11. The monoisotopic (exact) mass is 568 g/mol. The Bertz CT molecular complexity index is 839. The number of amides is 1. The fraction of sp³-hybridized carbons (Fsp3) is 0.125. The maximum absolute atomic E-state index is 11.9. The molecule has 138 valence electrons. The van der Waals surface area contributed by atoms with Gasteiger partial charge in [-0.1, -0.05) is 11.6 Å². The third-order valence-electron chi connectivity index (χ3n) is 3.01. The fourth-order valence-corrected chi connectivity index (χ4v) is 4.03. The average Bonchev–Trinajstić information content (AvgIpc) is 2.58. The van der Waals surface area contributed by atoms with Gasteiger partial charge in [-0.25, -0.2) is 5.43 Å². The summed E-state index contributed by atoms with van der Waals surface area (Å²) in [6.07, 6.45) is 1.28. The van der Waals surface area contributed by atoms with E-state index < -0.39 is 5.91 Å². The molecule has 1 amide bonds. The summed E-state index contributed by atoms with van der Waals surface area (Å²) in [5.74, 6) is 0.588. The highest BCUT2D eigenvalue weighted by Gasteiger charge is 2.11. The Hall–Kier alpha value is -1.29. The second-order valence-electron chi connectivity index (χ2n) is 4.83. The summed E-state index contributed by atoms with van der Waals surface area (Å²) in [5, 5.41) is 14.1. The van der Waals surface area contributed by atoms with E-state index in [4.69, 9.17) is 21.1 Å². The Morgan fingerprint density at radius 2 is 1.88 bits per heavy atom. The number of carbonyl (C=O) groups excluding carboxylic acids is 1. The number of nitrogens with zero attached hydrogens (tertiary/aromatic N) is 1. The van der Waals surface area contributed by atoms with Gasteiger partial charge in [-0.3, -0.25) is 4.79 Å². The molecule has 0 aliphatic carbocycles. The third kappa shape index (κ3) is 5.60. The number of methoxy groups -OCH3 is 1. The van der Waals surface area contributed by atoms with Crippen LogP contribution in [0.25, 0.3) is 0 Å². The van der Waals surface area contributed by atoms with Crippen LogP contribution in [0.1, 0.15) is 5.56 Å². The molecule has 0 aromatic heterocycles. The maximum Gasteiger partial charge on any atom is 0.277 e. The van der Waals surface area contributed by atoms with Crippen LogP contribution in [0.2, 0.25) is 5.02 Å². The van der Waals surface area contributed by atoms with Crippen molar-refractivity contribution >= 4 is 71.5 Å². The van der Waals surface area contributed by atoms with E-state index in [1.54, 1.807) is 25.3 Å². The summed E-state index contributed by atoms with van der Waals surface area (Å²) in [5.41, 5.74) is 2.66. The molecule has 0 bridgehead atoms. The first kappa shape index (κ1) is 21.0. The van der Waals surface area contributed by atoms with E-state index in [1.807, 2.05) is 0 Å². The van der Waals surface area contributed by atoms with Crippen LogP contribution in [0.5, 0.6) is 17.2 Å². The highest BCUT2D eigenvalue weighted by Crippen LogP contribution is 2.37. The smallest absolute Gasteiger partial charge is 0.277 e. The summed E-state index contributed by atoms with van der Waals surface area (Å²) in [7, 11) is 1.55. The molecule has 0 saturated carbocycles. The number of hydrogen-bond acceptors (Lipinski definition) is 5. The van der Waals surface area contributed by atoms with E-state index >= 15 is 0 Å². The molecule has 0 aliphatic heterocycles. The summed E-state index contributed by atoms with van der Waals surface area (Å²) in [6, 6.07) is 6.50. The van der Waals surface area contributed by atoms with Crippen molar-refractivity contribution in [3.63, 3.8) is 0 Å². The fourth-order valence-electron chi connectivity index (χ4n) is 1.82. The molecular formula is C16H12Br3ClN2O4. The van der Waals surface area contributed by atoms with Crippen molar-refractivity contribution in [1.29, 1.82) is 0 Å². The topological polar surface area (TPSA) is 80.2 Å². The van der Waals surface area contributed by atoms with Crippen LogP contribution in [0.4, 0.5) is 0 Å². The van der Waals surface area contributed by atoms with Gasteiger partial charge in [0, 0.05) is 10.6 Å². The van der Waals surface area contributed by atoms with E-state index in [1.165, 1.54) is 12.3 Å². The van der Waals surface area contributed by atoms with Gasteiger partial charge in [0.15, 0.2) is 6.61 Å². The van der Waals surface area contributed by atoms with Gasteiger partial charge in [0.25, 0.3) is 5.91 Å². The molecule has 10 heteroatoms. The summed E-state index contributed by atoms with van der Waals surface area (Å²) in [4.78, 5) is 11.9. The van der Waals surface area contributed by atoms with Gasteiger partial charge >= 0.3 is 0 Å². The molecular weight excluding hydrogens is 559 g/mol. The molecule has 2 aromatic rings. The first-order valence-electron chi connectivity index (χ1n) is 6.97. The van der Waals surface area contributed by atoms with Crippen LogP contribution >= 0.6 is 59.4 Å². The number of carbonyl (C=O) groups is 1. The van der Waals surface area contributed by atoms with Crippen LogP contribution in [-0.2, 0) is 4.79 Å². The number of hydrogen-bond donors (Lipinski definition) is 2. The second-order valence-corrected chi connectivity index (χ2v) is 7.83. The zero-order valence-corrected chi connectivity index (χ0v) is 18.7. The van der Waals surface area contributed by atoms with Crippen LogP contribution in [0, 0.1) is 0 Å². The van der Waals surface area contributed by atoms with E-state index in [9.17, 15) is 9.90 Å². The zero-order valence-electron chi connectivity index (χ0n) is 13.2. The van der Waals surface area contributed by atoms with Gasteiger partial charge in [-0.2, -0.15) is 5.10 Å². The zero-order chi connectivity index (χ0) is 19.3. The highest BCUT2D eigenvalue weighted by molar-refractivity contribution is 9.11. The molecule has 6 nitrogen and oxygen atoms in total. The first-order chi connectivity index (χ1) is 12.3. The van der Waals surface area contributed by atoms with Gasteiger partial charge < -0.3 is 14.6 Å². The van der Waals surface area contributed by atoms with Crippen molar-refractivity contribution in [2.24, 2.45) is 5.10 Å². The number of hydrazone groups is 1. The maximum atomic E-state index is 11.9. The lowest BCUT2D eigenvalue weighted by molar-refractivity contribution is -0.123. The molecule has 0 saturated heterocycles.